The highest BCUT2D eigenvalue weighted by atomic mass is 15.2. The van der Waals surface area contributed by atoms with E-state index in [-0.39, 0.29) is 6.04 Å². The number of allylic oxidation sites excluding steroid dienone is 7. The van der Waals surface area contributed by atoms with Gasteiger partial charge in [-0.1, -0.05) is 116 Å². The monoisotopic (exact) mass is 669 g/mol. The first-order valence-corrected chi connectivity index (χ1v) is 17.1. The van der Waals surface area contributed by atoms with E-state index < -0.39 is 5.41 Å². The van der Waals surface area contributed by atoms with Crippen LogP contribution in [0.25, 0.3) is 22.3 Å². The highest BCUT2D eigenvalue weighted by molar-refractivity contribution is 5.96. The molecule has 0 amide bonds. The van der Waals surface area contributed by atoms with Crippen LogP contribution in [0.1, 0.15) is 41.7 Å². The second kappa shape index (κ2) is 14.0. The maximum absolute atomic E-state index is 9.89. The van der Waals surface area contributed by atoms with Crippen LogP contribution in [0.4, 0.5) is 22.7 Å². The van der Waals surface area contributed by atoms with Crippen molar-refractivity contribution in [2.24, 2.45) is 0 Å². The fraction of sp³-hybridized carbons (Fsp3) is 0.0851. The van der Waals surface area contributed by atoms with Crippen LogP contribution in [0.15, 0.2) is 164 Å². The van der Waals surface area contributed by atoms with Gasteiger partial charge < -0.3 is 10.2 Å². The summed E-state index contributed by atoms with van der Waals surface area (Å²) < 4.78 is 0. The molecule has 7 rings (SSSR count). The van der Waals surface area contributed by atoms with Crippen LogP contribution in [-0.4, -0.2) is 6.04 Å². The van der Waals surface area contributed by atoms with Gasteiger partial charge in [-0.05, 0) is 84.2 Å². The van der Waals surface area contributed by atoms with Crippen molar-refractivity contribution in [1.29, 1.82) is 15.8 Å². The van der Waals surface area contributed by atoms with Gasteiger partial charge in [0.1, 0.15) is 6.07 Å². The molecule has 0 radical (unpaired) electrons. The van der Waals surface area contributed by atoms with Crippen LogP contribution >= 0.6 is 0 Å². The average molecular weight is 670 g/mol. The third kappa shape index (κ3) is 5.90. The summed E-state index contributed by atoms with van der Waals surface area (Å²) in [6.45, 7) is 8.67. The Balaban J connectivity index is 1.30. The van der Waals surface area contributed by atoms with Crippen molar-refractivity contribution >= 4 is 33.9 Å². The van der Waals surface area contributed by atoms with Crippen molar-refractivity contribution in [3.8, 4) is 29.3 Å². The summed E-state index contributed by atoms with van der Waals surface area (Å²) in [4.78, 5) is 2.32. The van der Waals surface area contributed by atoms with Crippen LogP contribution in [0.3, 0.4) is 0 Å². The molecule has 2 atom stereocenters. The highest BCUT2D eigenvalue weighted by Crippen LogP contribution is 2.55. The number of fused-ring (bicyclic) bond motifs is 3. The second-order valence-electron chi connectivity index (χ2n) is 13.0. The molecule has 52 heavy (non-hydrogen) atoms. The molecule has 0 saturated carbocycles. The van der Waals surface area contributed by atoms with Gasteiger partial charge >= 0.3 is 0 Å². The number of rotatable bonds is 8. The molecular formula is C47H35N5. The molecule has 1 aliphatic heterocycles. The lowest BCUT2D eigenvalue weighted by Gasteiger charge is -2.35. The highest BCUT2D eigenvalue weighted by Gasteiger charge is 2.48. The Kier molecular flexibility index (Phi) is 8.99. The molecular weight excluding hydrogens is 635 g/mol. The predicted octanol–water partition coefficient (Wildman–Crippen LogP) is 11.3. The molecule has 0 aromatic heterocycles. The first-order chi connectivity index (χ1) is 25.4. The predicted molar refractivity (Wildman–Crippen MR) is 212 cm³/mol. The Morgan fingerprint density at radius 1 is 0.769 bits per heavy atom. The summed E-state index contributed by atoms with van der Waals surface area (Å²) in [5.41, 5.74) is 12.0. The number of anilines is 4. The SMILES string of the molecule is C=C(/C=C\C(=C/C)c1ccccc1-c1cccc2c1N(c1cccc(C#N)c1)C1C=CC(C#N)=CC21C)c1ccccc1Nc1ccccc1C#N. The van der Waals surface area contributed by atoms with Crippen LogP contribution in [-0.2, 0) is 5.41 Å². The minimum atomic E-state index is -0.473. The van der Waals surface area contributed by atoms with E-state index in [9.17, 15) is 15.8 Å². The number of benzene rings is 5. The molecule has 5 nitrogen and oxygen atoms in total. The number of nitriles is 3. The van der Waals surface area contributed by atoms with E-state index in [0.717, 1.165) is 61.7 Å². The van der Waals surface area contributed by atoms with E-state index in [4.69, 9.17) is 0 Å². The van der Waals surface area contributed by atoms with E-state index in [2.05, 4.69) is 109 Å². The fourth-order valence-electron chi connectivity index (χ4n) is 7.42. The number of nitrogens with one attached hydrogen (secondary N) is 1. The third-order valence-corrected chi connectivity index (χ3v) is 9.94. The van der Waals surface area contributed by atoms with E-state index in [1.54, 1.807) is 6.07 Å². The van der Waals surface area contributed by atoms with Crippen LogP contribution in [0.5, 0.6) is 0 Å². The lowest BCUT2D eigenvalue weighted by Crippen LogP contribution is -2.39. The first-order valence-electron chi connectivity index (χ1n) is 17.1. The molecule has 0 saturated heterocycles. The van der Waals surface area contributed by atoms with Crippen molar-refractivity contribution in [3.63, 3.8) is 0 Å². The minimum absolute atomic E-state index is 0.0972. The van der Waals surface area contributed by atoms with Gasteiger partial charge in [0.15, 0.2) is 0 Å². The Morgan fingerprint density at radius 3 is 2.25 bits per heavy atom. The number of hydrogen-bond donors (Lipinski definition) is 1. The van der Waals surface area contributed by atoms with Crippen molar-refractivity contribution < 1.29 is 0 Å². The van der Waals surface area contributed by atoms with E-state index in [1.807, 2.05) is 85.8 Å². The summed E-state index contributed by atoms with van der Waals surface area (Å²) >= 11 is 0. The van der Waals surface area contributed by atoms with Gasteiger partial charge in [-0.2, -0.15) is 15.8 Å². The Hall–Kier alpha value is -7.13. The zero-order valence-corrected chi connectivity index (χ0v) is 29.0. The van der Waals surface area contributed by atoms with Crippen LogP contribution in [0, 0.1) is 34.0 Å². The van der Waals surface area contributed by atoms with Crippen molar-refractivity contribution in [2.75, 3.05) is 10.2 Å². The Bertz CT molecular complexity index is 2490. The van der Waals surface area contributed by atoms with Crippen LogP contribution in [0.2, 0.25) is 0 Å². The lowest BCUT2D eigenvalue weighted by atomic mass is 9.74. The Labute approximate surface area is 305 Å². The summed E-state index contributed by atoms with van der Waals surface area (Å²) in [6.07, 6.45) is 12.3. The van der Waals surface area contributed by atoms with Gasteiger partial charge in [0, 0.05) is 33.5 Å². The minimum Gasteiger partial charge on any atom is -0.354 e. The molecule has 1 N–H and O–H groups in total. The Morgan fingerprint density at radius 2 is 1.48 bits per heavy atom. The van der Waals surface area contributed by atoms with Gasteiger partial charge in [-0.25, -0.2) is 0 Å². The molecule has 0 spiro atoms. The maximum atomic E-state index is 9.89. The van der Waals surface area contributed by atoms with Crippen molar-refractivity contribution in [3.05, 3.63) is 192 Å². The molecule has 0 fully saturated rings. The molecule has 5 aromatic rings. The van der Waals surface area contributed by atoms with E-state index >= 15 is 0 Å². The number of hydrogen-bond acceptors (Lipinski definition) is 5. The number of para-hydroxylation sites is 3. The number of nitrogens with zero attached hydrogens (tertiary/aromatic N) is 4. The zero-order chi connectivity index (χ0) is 36.2. The third-order valence-electron chi connectivity index (χ3n) is 9.94. The van der Waals surface area contributed by atoms with Gasteiger partial charge in [-0.3, -0.25) is 0 Å². The summed E-state index contributed by atoms with van der Waals surface area (Å²) in [5, 5.41) is 32.8. The van der Waals surface area contributed by atoms with E-state index in [0.29, 0.717) is 16.7 Å². The summed E-state index contributed by atoms with van der Waals surface area (Å²) in [7, 11) is 0. The normalized spacial score (nSPS) is 17.4. The molecule has 5 aromatic carbocycles. The maximum Gasteiger partial charge on any atom is 0.101 e. The fourth-order valence-corrected chi connectivity index (χ4v) is 7.42. The first kappa shape index (κ1) is 33.4. The quantitative estimate of drug-likeness (QED) is 0.166. The average Bonchev–Trinajstić information content (AvgIpc) is 3.46. The molecule has 2 aliphatic rings. The summed E-state index contributed by atoms with van der Waals surface area (Å²) in [5.74, 6) is 0. The molecule has 2 unspecified atom stereocenters. The molecule has 248 valence electrons. The second-order valence-corrected chi connectivity index (χ2v) is 13.0. The van der Waals surface area contributed by atoms with Crippen LogP contribution < -0.4 is 10.2 Å². The van der Waals surface area contributed by atoms with Gasteiger partial charge in [0.25, 0.3) is 0 Å². The smallest absolute Gasteiger partial charge is 0.101 e. The topological polar surface area (TPSA) is 86.6 Å². The summed E-state index contributed by atoms with van der Waals surface area (Å²) in [6, 6.07) is 44.8. The van der Waals surface area contributed by atoms with Gasteiger partial charge in [-0.15, -0.1) is 0 Å². The largest absolute Gasteiger partial charge is 0.354 e. The van der Waals surface area contributed by atoms with Crippen molar-refractivity contribution in [1.82, 2.24) is 0 Å². The molecule has 5 heteroatoms. The van der Waals surface area contributed by atoms with Gasteiger partial charge in [0.05, 0.1) is 40.7 Å². The van der Waals surface area contributed by atoms with E-state index in [1.165, 1.54) is 0 Å². The molecule has 1 heterocycles. The zero-order valence-electron chi connectivity index (χ0n) is 29.0. The molecule has 0 bridgehead atoms. The molecule has 1 aliphatic carbocycles. The lowest BCUT2D eigenvalue weighted by molar-refractivity contribution is 0.548. The van der Waals surface area contributed by atoms with Crippen molar-refractivity contribution in [2.45, 2.75) is 25.3 Å². The van der Waals surface area contributed by atoms with Gasteiger partial charge in [0.2, 0.25) is 0 Å². The standard InChI is InChI=1S/C47H35N5/c1-4-35(25-23-32(2)38-16-8-10-22-44(38)51-43-21-9-5-14-36(43)31-50)39-17-6-7-18-40(39)41-19-12-20-42-46(41)52(37-15-11-13-33(27-37)29-48)45-26-24-34(30-49)28-47(42,45)3/h4-28,45,51H,2H2,1,3H3/b25-23-,35-4+.